The van der Waals surface area contributed by atoms with Crippen LogP contribution in [0.15, 0.2) is 24.3 Å². The molecule has 1 aromatic heterocycles. The van der Waals surface area contributed by atoms with Crippen molar-refractivity contribution in [2.24, 2.45) is 0 Å². The topological polar surface area (TPSA) is 51.1 Å². The second-order valence-corrected chi connectivity index (χ2v) is 5.26. The first-order valence-electron chi connectivity index (χ1n) is 7.06. The van der Waals surface area contributed by atoms with Crippen molar-refractivity contribution in [3.63, 3.8) is 0 Å². The number of nitrogens with one attached hydrogen (secondary N) is 1. The lowest BCUT2D eigenvalue weighted by Gasteiger charge is -2.15. The van der Waals surface area contributed by atoms with E-state index in [9.17, 15) is 9.59 Å². The van der Waals surface area contributed by atoms with E-state index < -0.39 is 0 Å². The first kappa shape index (κ1) is 12.9. The Morgan fingerprint density at radius 2 is 2.10 bits per heavy atom. The number of carbonyl (C=O) groups excluding carboxylic acids is 2. The zero-order valence-electron chi connectivity index (χ0n) is 11.6. The highest BCUT2D eigenvalue weighted by Crippen LogP contribution is 2.31. The monoisotopic (exact) mass is 270 g/mol. The van der Waals surface area contributed by atoms with E-state index >= 15 is 0 Å². The average molecular weight is 270 g/mol. The van der Waals surface area contributed by atoms with Gasteiger partial charge in [0.25, 0.3) is 0 Å². The highest BCUT2D eigenvalue weighted by atomic mass is 16.1. The van der Waals surface area contributed by atoms with Crippen molar-refractivity contribution in [2.45, 2.75) is 32.7 Å². The summed E-state index contributed by atoms with van der Waals surface area (Å²) in [5.74, 6) is 0.187. The van der Waals surface area contributed by atoms with Gasteiger partial charge < -0.3 is 9.88 Å². The summed E-state index contributed by atoms with van der Waals surface area (Å²) in [7, 11) is 0. The Bertz CT molecular complexity index is 685. The average Bonchev–Trinajstić information content (AvgIpc) is 2.75. The number of fused-ring (bicyclic) bond motifs is 3. The second kappa shape index (κ2) is 5.12. The quantitative estimate of drug-likeness (QED) is 0.930. The number of para-hydroxylation sites is 1. The van der Waals surface area contributed by atoms with Gasteiger partial charge in [-0.25, -0.2) is 0 Å². The molecule has 0 saturated heterocycles. The number of carbonyl (C=O) groups is 2. The molecule has 0 spiro atoms. The summed E-state index contributed by atoms with van der Waals surface area (Å²) in [5.41, 5.74) is 3.13. The largest absolute Gasteiger partial charge is 0.355 e. The van der Waals surface area contributed by atoms with Crippen molar-refractivity contribution in [2.75, 3.05) is 6.54 Å². The Hall–Kier alpha value is -2.10. The maximum absolute atomic E-state index is 12.3. The van der Waals surface area contributed by atoms with Crippen LogP contribution in [0, 0.1) is 0 Å². The van der Waals surface area contributed by atoms with Gasteiger partial charge >= 0.3 is 0 Å². The molecule has 0 unspecified atom stereocenters. The van der Waals surface area contributed by atoms with Gasteiger partial charge in [-0.15, -0.1) is 0 Å². The maximum atomic E-state index is 12.3. The van der Waals surface area contributed by atoms with Gasteiger partial charge in [-0.2, -0.15) is 0 Å². The lowest BCUT2D eigenvalue weighted by molar-refractivity contribution is -0.118. The molecule has 104 valence electrons. The van der Waals surface area contributed by atoms with Crippen LogP contribution >= 0.6 is 0 Å². The third kappa shape index (κ3) is 2.11. The predicted octanol–water partition coefficient (Wildman–Crippen LogP) is 2.30. The van der Waals surface area contributed by atoms with E-state index in [0.717, 1.165) is 24.1 Å². The third-order valence-electron chi connectivity index (χ3n) is 3.88. The molecule has 1 heterocycles. The number of ketones is 1. The molecule has 0 saturated carbocycles. The van der Waals surface area contributed by atoms with E-state index in [-0.39, 0.29) is 11.7 Å². The summed E-state index contributed by atoms with van der Waals surface area (Å²) in [4.78, 5) is 23.3. The molecule has 0 atom stereocenters. The minimum absolute atomic E-state index is 0.0401. The number of benzene rings is 1. The molecular weight excluding hydrogens is 252 g/mol. The van der Waals surface area contributed by atoms with Crippen molar-refractivity contribution < 1.29 is 9.59 Å². The molecule has 0 aliphatic heterocycles. The number of nitrogens with zero attached hydrogens (tertiary/aromatic N) is 1. The number of rotatable bonds is 3. The number of aryl methyl sites for hydroxylation is 1. The summed E-state index contributed by atoms with van der Waals surface area (Å²) < 4.78 is 2.07. The van der Waals surface area contributed by atoms with Gasteiger partial charge in [-0.3, -0.25) is 9.59 Å². The molecule has 1 aromatic carbocycles. The first-order valence-corrected chi connectivity index (χ1v) is 7.06. The van der Waals surface area contributed by atoms with Crippen LogP contribution in [0.1, 0.15) is 35.8 Å². The van der Waals surface area contributed by atoms with E-state index in [1.165, 1.54) is 17.9 Å². The molecule has 0 bridgehead atoms. The molecule has 1 aliphatic carbocycles. The summed E-state index contributed by atoms with van der Waals surface area (Å²) >= 11 is 0. The standard InChI is InChI=1S/C16H18N2O2/c1-11(19)17-9-10-18-14-7-3-2-5-12(14)13-6-4-8-15(20)16(13)18/h2-3,5,7H,4,6,8-10H2,1H3,(H,17,19). The Morgan fingerprint density at radius 3 is 2.90 bits per heavy atom. The SMILES string of the molecule is CC(=O)NCCn1c2c(c3ccccc31)CCCC2=O. The van der Waals surface area contributed by atoms with Crippen LogP contribution < -0.4 is 5.32 Å². The molecular formula is C16H18N2O2. The van der Waals surface area contributed by atoms with Gasteiger partial charge in [-0.1, -0.05) is 18.2 Å². The molecule has 3 rings (SSSR count). The van der Waals surface area contributed by atoms with Gasteiger partial charge in [0.2, 0.25) is 5.91 Å². The normalized spacial score (nSPS) is 14.3. The van der Waals surface area contributed by atoms with Crippen LogP contribution in [0.3, 0.4) is 0 Å². The van der Waals surface area contributed by atoms with E-state index in [1.54, 1.807) is 0 Å². The van der Waals surface area contributed by atoms with E-state index in [2.05, 4.69) is 22.0 Å². The van der Waals surface area contributed by atoms with E-state index in [4.69, 9.17) is 0 Å². The first-order chi connectivity index (χ1) is 9.68. The van der Waals surface area contributed by atoms with Gasteiger partial charge in [-0.05, 0) is 24.5 Å². The van der Waals surface area contributed by atoms with Crippen LogP contribution in [0.5, 0.6) is 0 Å². The molecule has 1 N–H and O–H groups in total. The number of Topliss-reactive ketones (excluding diaryl/α,β-unsaturated/α-hetero) is 1. The molecule has 1 amide bonds. The number of aromatic nitrogens is 1. The van der Waals surface area contributed by atoms with Crippen LogP contribution in [0.4, 0.5) is 0 Å². The highest BCUT2D eigenvalue weighted by Gasteiger charge is 2.25. The summed E-state index contributed by atoms with van der Waals surface area (Å²) in [6.07, 6.45) is 2.53. The number of hydrogen-bond donors (Lipinski definition) is 1. The van der Waals surface area contributed by atoms with Crippen molar-refractivity contribution in [3.05, 3.63) is 35.5 Å². The van der Waals surface area contributed by atoms with Crippen LogP contribution in [-0.2, 0) is 17.8 Å². The second-order valence-electron chi connectivity index (χ2n) is 5.26. The molecule has 1 aliphatic rings. The minimum atomic E-state index is -0.0401. The van der Waals surface area contributed by atoms with Gasteiger partial charge in [0.1, 0.15) is 0 Å². The zero-order valence-corrected chi connectivity index (χ0v) is 11.6. The van der Waals surface area contributed by atoms with Gasteiger partial charge in [0.05, 0.1) is 5.69 Å². The zero-order chi connectivity index (χ0) is 14.1. The molecule has 0 radical (unpaired) electrons. The Kier molecular flexibility index (Phi) is 3.30. The van der Waals surface area contributed by atoms with Crippen molar-refractivity contribution in [3.8, 4) is 0 Å². The van der Waals surface area contributed by atoms with Gasteiger partial charge in [0, 0.05) is 37.3 Å². The lowest BCUT2D eigenvalue weighted by Crippen LogP contribution is -2.26. The fourth-order valence-electron chi connectivity index (χ4n) is 3.07. The Balaban J connectivity index is 2.07. The molecule has 4 nitrogen and oxygen atoms in total. The van der Waals surface area contributed by atoms with Crippen molar-refractivity contribution in [1.29, 1.82) is 0 Å². The summed E-state index contributed by atoms with van der Waals surface area (Å²) in [5, 5.41) is 3.98. The molecule has 0 fully saturated rings. The molecule has 2 aromatic rings. The Morgan fingerprint density at radius 1 is 1.30 bits per heavy atom. The smallest absolute Gasteiger partial charge is 0.216 e. The number of hydrogen-bond acceptors (Lipinski definition) is 2. The van der Waals surface area contributed by atoms with Crippen LogP contribution in [0.2, 0.25) is 0 Å². The van der Waals surface area contributed by atoms with Gasteiger partial charge in [0.15, 0.2) is 5.78 Å². The van der Waals surface area contributed by atoms with Crippen molar-refractivity contribution >= 4 is 22.6 Å². The predicted molar refractivity (Wildman–Crippen MR) is 77.9 cm³/mol. The summed E-state index contributed by atoms with van der Waals surface area (Å²) in [6, 6.07) is 8.14. The molecule has 4 heteroatoms. The fraction of sp³-hybridized carbons (Fsp3) is 0.375. The van der Waals surface area contributed by atoms with Crippen LogP contribution in [-0.4, -0.2) is 22.8 Å². The third-order valence-corrected chi connectivity index (χ3v) is 3.88. The van der Waals surface area contributed by atoms with E-state index in [1.807, 2.05) is 12.1 Å². The van der Waals surface area contributed by atoms with Crippen LogP contribution in [0.25, 0.3) is 10.9 Å². The molecule has 20 heavy (non-hydrogen) atoms. The number of amides is 1. The van der Waals surface area contributed by atoms with Crippen molar-refractivity contribution in [1.82, 2.24) is 9.88 Å². The Labute approximate surface area is 117 Å². The summed E-state index contributed by atoms with van der Waals surface area (Å²) in [6.45, 7) is 2.70. The minimum Gasteiger partial charge on any atom is -0.355 e. The lowest BCUT2D eigenvalue weighted by atomic mass is 9.94. The fourth-order valence-corrected chi connectivity index (χ4v) is 3.07. The highest BCUT2D eigenvalue weighted by molar-refractivity contribution is 6.04. The maximum Gasteiger partial charge on any atom is 0.216 e. The van der Waals surface area contributed by atoms with E-state index in [0.29, 0.717) is 19.5 Å².